The van der Waals surface area contributed by atoms with Crippen LogP contribution in [-0.2, 0) is 14.0 Å². The number of esters is 1. The number of hydrogen-bond donors (Lipinski definition) is 0. The molecule has 2 saturated carbocycles. The van der Waals surface area contributed by atoms with Gasteiger partial charge in [-0.15, -0.1) is 0 Å². The van der Waals surface area contributed by atoms with Crippen LogP contribution >= 0.6 is 0 Å². The molecule has 2 bridgehead atoms. The van der Waals surface area contributed by atoms with Gasteiger partial charge in [0.05, 0.1) is 23.4 Å². The number of carbonyl (C=O) groups is 1. The van der Waals surface area contributed by atoms with Crippen LogP contribution < -0.4 is 0 Å². The van der Waals surface area contributed by atoms with Gasteiger partial charge in [-0.3, -0.25) is 0 Å². The van der Waals surface area contributed by atoms with E-state index in [2.05, 4.69) is 39.8 Å². The Kier molecular flexibility index (Phi) is 4.67. The molecule has 27 heavy (non-hydrogen) atoms. The van der Waals surface area contributed by atoms with E-state index in [0.717, 1.165) is 0 Å². The Morgan fingerprint density at radius 1 is 1.07 bits per heavy atom. The van der Waals surface area contributed by atoms with Crippen LogP contribution in [0.1, 0.15) is 75.7 Å². The molecule has 3 aliphatic rings. The monoisotopic (exact) mass is 370 g/mol. The van der Waals surface area contributed by atoms with Crippen LogP contribution in [0.3, 0.4) is 0 Å². The number of fused-ring (bicyclic) bond motifs is 2. The van der Waals surface area contributed by atoms with Crippen molar-refractivity contribution in [1.82, 2.24) is 0 Å². The first kappa shape index (κ1) is 19.0. The Bertz CT molecular complexity index is 696. The van der Waals surface area contributed by atoms with Crippen LogP contribution in [-0.4, -0.2) is 30.9 Å². The van der Waals surface area contributed by atoms with Crippen molar-refractivity contribution < 1.29 is 18.8 Å². The average Bonchev–Trinajstić information content (AvgIpc) is 3.27. The van der Waals surface area contributed by atoms with Gasteiger partial charge in [-0.05, 0) is 82.9 Å². The fourth-order valence-electron chi connectivity index (χ4n) is 5.32. The summed E-state index contributed by atoms with van der Waals surface area (Å²) in [5.74, 6) is 1.93. The van der Waals surface area contributed by atoms with E-state index in [0.29, 0.717) is 35.7 Å². The first-order chi connectivity index (χ1) is 12.7. The summed E-state index contributed by atoms with van der Waals surface area (Å²) in [6.45, 7) is 10.7. The highest BCUT2D eigenvalue weighted by atomic mass is 16.7. The summed E-state index contributed by atoms with van der Waals surface area (Å²) in [7, 11) is -0.153. The maximum absolute atomic E-state index is 12.0. The van der Waals surface area contributed by atoms with E-state index in [1.807, 2.05) is 19.1 Å². The molecule has 0 N–H and O–H groups in total. The fraction of sp³-hybridized carbons (Fsp3) is 0.682. The number of rotatable bonds is 4. The molecule has 3 fully saturated rings. The molecule has 2 aliphatic carbocycles. The maximum atomic E-state index is 12.0. The van der Waals surface area contributed by atoms with Crippen LogP contribution in [0.2, 0.25) is 5.82 Å². The Labute approximate surface area is 163 Å². The zero-order valence-electron chi connectivity index (χ0n) is 17.2. The van der Waals surface area contributed by atoms with Gasteiger partial charge in [0.25, 0.3) is 0 Å². The van der Waals surface area contributed by atoms with Gasteiger partial charge < -0.3 is 14.0 Å². The van der Waals surface area contributed by atoms with E-state index in [-0.39, 0.29) is 24.3 Å². The van der Waals surface area contributed by atoms with Gasteiger partial charge in [-0.25, -0.2) is 4.79 Å². The van der Waals surface area contributed by atoms with Crippen LogP contribution in [0.4, 0.5) is 0 Å². The molecule has 0 aromatic heterocycles. The van der Waals surface area contributed by atoms with E-state index in [4.69, 9.17) is 14.0 Å². The third-order valence-corrected chi connectivity index (χ3v) is 7.37. The number of carbonyl (C=O) groups excluding carboxylic acids is 1. The standard InChI is InChI=1S/C22H31BO4/c1-6-25-20(24)15-9-7-14(8-10-15)18-16-11-12-17(13-16)19(18)23-26-21(2,3)22(4,5)27-23/h7-10,16-19H,6,11-13H2,1-5H3. The summed E-state index contributed by atoms with van der Waals surface area (Å²) < 4.78 is 18.0. The second-order valence-corrected chi connectivity index (χ2v) is 9.40. The zero-order chi connectivity index (χ0) is 19.4. The maximum Gasteiger partial charge on any atom is 0.462 e. The van der Waals surface area contributed by atoms with Crippen LogP contribution in [0.15, 0.2) is 24.3 Å². The lowest BCUT2D eigenvalue weighted by molar-refractivity contribution is 0.00578. The Morgan fingerprint density at radius 3 is 2.26 bits per heavy atom. The summed E-state index contributed by atoms with van der Waals surface area (Å²) in [6, 6.07) is 8.02. The van der Waals surface area contributed by atoms with Crippen molar-refractivity contribution in [2.24, 2.45) is 11.8 Å². The Balaban J connectivity index is 1.59. The van der Waals surface area contributed by atoms with Crippen molar-refractivity contribution in [2.75, 3.05) is 6.61 Å². The number of benzene rings is 1. The molecule has 0 radical (unpaired) electrons. The highest BCUT2D eigenvalue weighted by Crippen LogP contribution is 2.62. The SMILES string of the molecule is CCOC(=O)c1ccc(C2C3CCC(C3)C2B2OC(C)(C)C(C)(C)O2)cc1. The molecule has 0 spiro atoms. The lowest BCUT2D eigenvalue weighted by Crippen LogP contribution is -2.41. The van der Waals surface area contributed by atoms with Crippen molar-refractivity contribution in [3.05, 3.63) is 35.4 Å². The van der Waals surface area contributed by atoms with Gasteiger partial charge in [0, 0.05) is 5.82 Å². The molecule has 5 heteroatoms. The molecule has 0 amide bonds. The third kappa shape index (κ3) is 3.13. The highest BCUT2D eigenvalue weighted by molar-refractivity contribution is 6.48. The highest BCUT2D eigenvalue weighted by Gasteiger charge is 2.61. The topological polar surface area (TPSA) is 44.8 Å². The van der Waals surface area contributed by atoms with Crippen molar-refractivity contribution >= 4 is 13.1 Å². The number of hydrogen-bond acceptors (Lipinski definition) is 4. The molecular weight excluding hydrogens is 339 g/mol. The first-order valence-electron chi connectivity index (χ1n) is 10.4. The third-order valence-electron chi connectivity index (χ3n) is 7.37. The molecular formula is C22H31BO4. The molecule has 4 nitrogen and oxygen atoms in total. The first-order valence-corrected chi connectivity index (χ1v) is 10.4. The smallest absolute Gasteiger partial charge is 0.462 e. The summed E-state index contributed by atoms with van der Waals surface area (Å²) >= 11 is 0. The van der Waals surface area contributed by atoms with Gasteiger partial charge in [0.15, 0.2) is 0 Å². The van der Waals surface area contributed by atoms with E-state index in [1.165, 1.54) is 24.8 Å². The molecule has 4 unspecified atom stereocenters. The second kappa shape index (κ2) is 6.63. The molecule has 1 aliphatic heterocycles. The molecule has 1 heterocycles. The van der Waals surface area contributed by atoms with E-state index < -0.39 is 0 Å². The second-order valence-electron chi connectivity index (χ2n) is 9.40. The average molecular weight is 370 g/mol. The molecule has 1 saturated heterocycles. The van der Waals surface area contributed by atoms with E-state index >= 15 is 0 Å². The minimum absolute atomic E-state index is 0.153. The van der Waals surface area contributed by atoms with Gasteiger partial charge in [0.1, 0.15) is 0 Å². The van der Waals surface area contributed by atoms with E-state index in [1.54, 1.807) is 0 Å². The molecule has 1 aromatic carbocycles. The van der Waals surface area contributed by atoms with E-state index in [9.17, 15) is 4.79 Å². The molecule has 1 aromatic rings. The summed E-state index contributed by atoms with van der Waals surface area (Å²) in [4.78, 5) is 12.0. The minimum atomic E-state index is -0.294. The quantitative estimate of drug-likeness (QED) is 0.562. The normalized spacial score (nSPS) is 33.4. The van der Waals surface area contributed by atoms with Crippen LogP contribution in [0.5, 0.6) is 0 Å². The van der Waals surface area contributed by atoms with Crippen molar-refractivity contribution in [2.45, 2.75) is 76.8 Å². The van der Waals surface area contributed by atoms with Crippen LogP contribution in [0, 0.1) is 11.8 Å². The van der Waals surface area contributed by atoms with Crippen molar-refractivity contribution in [3.8, 4) is 0 Å². The summed E-state index contributed by atoms with van der Waals surface area (Å²) in [6.07, 6.45) is 3.82. The fourth-order valence-corrected chi connectivity index (χ4v) is 5.32. The Hall–Kier alpha value is -1.33. The summed E-state index contributed by atoms with van der Waals surface area (Å²) in [5, 5.41) is 0. The Morgan fingerprint density at radius 2 is 1.67 bits per heavy atom. The molecule has 146 valence electrons. The zero-order valence-corrected chi connectivity index (χ0v) is 17.2. The lowest BCUT2D eigenvalue weighted by atomic mass is 9.57. The van der Waals surface area contributed by atoms with Gasteiger partial charge in [-0.2, -0.15) is 0 Å². The minimum Gasteiger partial charge on any atom is -0.462 e. The van der Waals surface area contributed by atoms with Crippen molar-refractivity contribution in [1.29, 1.82) is 0 Å². The van der Waals surface area contributed by atoms with Gasteiger partial charge in [-0.1, -0.05) is 18.6 Å². The van der Waals surface area contributed by atoms with Crippen molar-refractivity contribution in [3.63, 3.8) is 0 Å². The molecule has 4 rings (SSSR count). The number of ether oxygens (including phenoxy) is 1. The largest absolute Gasteiger partial charge is 0.462 e. The van der Waals surface area contributed by atoms with Crippen LogP contribution in [0.25, 0.3) is 0 Å². The summed E-state index contributed by atoms with van der Waals surface area (Å²) in [5.41, 5.74) is 1.33. The predicted molar refractivity (Wildman–Crippen MR) is 106 cm³/mol. The lowest BCUT2D eigenvalue weighted by Gasteiger charge is -2.33. The molecule has 4 atom stereocenters. The predicted octanol–water partition coefficient (Wildman–Crippen LogP) is 4.84. The van der Waals surface area contributed by atoms with Gasteiger partial charge in [0.2, 0.25) is 0 Å². The van der Waals surface area contributed by atoms with Gasteiger partial charge >= 0.3 is 13.1 Å².